The molecule has 3 unspecified atom stereocenters. The van der Waals surface area contributed by atoms with Gasteiger partial charge in [0.2, 0.25) is 0 Å². The molecule has 3 atom stereocenters. The van der Waals surface area contributed by atoms with Gasteiger partial charge < -0.3 is 20.0 Å². The fourth-order valence-corrected chi connectivity index (χ4v) is 3.77. The van der Waals surface area contributed by atoms with Crippen molar-refractivity contribution in [2.75, 3.05) is 25.0 Å². The number of anilines is 1. The number of rotatable bonds is 3. The van der Waals surface area contributed by atoms with Crippen molar-refractivity contribution in [2.24, 2.45) is 5.92 Å². The van der Waals surface area contributed by atoms with E-state index in [1.807, 2.05) is 0 Å². The summed E-state index contributed by atoms with van der Waals surface area (Å²) in [6, 6.07) is 1.34. The zero-order valence-electron chi connectivity index (χ0n) is 14.2. The Balaban J connectivity index is 1.51. The Bertz CT molecular complexity index is 883. The van der Waals surface area contributed by atoms with Gasteiger partial charge in [-0.2, -0.15) is 13.2 Å². The van der Waals surface area contributed by atoms with E-state index in [-0.39, 0.29) is 28.4 Å². The summed E-state index contributed by atoms with van der Waals surface area (Å²) in [4.78, 5) is 30.0. The molecular formula is C17H17F3N4O3. The molecule has 4 heterocycles. The molecule has 27 heavy (non-hydrogen) atoms. The maximum absolute atomic E-state index is 12.5. The van der Waals surface area contributed by atoms with Crippen LogP contribution in [-0.2, 0) is 4.79 Å². The number of carbonyl (C=O) groups excluding carboxylic acids is 2. The number of amides is 2. The molecule has 2 amide bonds. The standard InChI is InChI=1S/C17H17F3N4O3/c18-17(19,20)16(26)23-13-8-27-14-5-21-12(4-11(13)14)15(25)22-10-3-9-1-2-24(6-9)7-10/h4-5,8-10H,1-3,6-7H2,(H,22,25)(H,23,26). The lowest BCUT2D eigenvalue weighted by Gasteiger charge is -2.30. The topological polar surface area (TPSA) is 87.5 Å². The van der Waals surface area contributed by atoms with Crippen molar-refractivity contribution < 1.29 is 27.2 Å². The second kappa shape index (κ2) is 6.52. The average Bonchev–Trinajstić information content (AvgIpc) is 3.16. The molecule has 2 aliphatic rings. The van der Waals surface area contributed by atoms with E-state index in [4.69, 9.17) is 4.42 Å². The Morgan fingerprint density at radius 1 is 1.30 bits per heavy atom. The van der Waals surface area contributed by atoms with E-state index in [0.29, 0.717) is 5.92 Å². The molecule has 2 aromatic rings. The lowest BCUT2D eigenvalue weighted by Crippen LogP contribution is -2.47. The molecule has 2 saturated heterocycles. The molecule has 2 fully saturated rings. The molecule has 0 saturated carbocycles. The molecule has 0 radical (unpaired) electrons. The highest BCUT2D eigenvalue weighted by atomic mass is 19.4. The zero-order chi connectivity index (χ0) is 19.2. The molecule has 4 rings (SSSR count). The number of pyridine rings is 1. The maximum atomic E-state index is 12.5. The van der Waals surface area contributed by atoms with Gasteiger partial charge in [-0.3, -0.25) is 9.59 Å². The number of nitrogens with one attached hydrogen (secondary N) is 2. The predicted octanol–water partition coefficient (Wildman–Crippen LogP) is 2.15. The summed E-state index contributed by atoms with van der Waals surface area (Å²) in [5.74, 6) is -1.93. The molecule has 0 aliphatic carbocycles. The third kappa shape index (κ3) is 3.61. The molecule has 0 aromatic carbocycles. The third-order valence-corrected chi connectivity index (χ3v) is 5.00. The van der Waals surface area contributed by atoms with Crippen molar-refractivity contribution in [1.82, 2.24) is 15.2 Å². The highest BCUT2D eigenvalue weighted by Gasteiger charge is 2.39. The van der Waals surface area contributed by atoms with Crippen LogP contribution in [0.25, 0.3) is 11.0 Å². The number of hydrogen-bond acceptors (Lipinski definition) is 5. The first-order chi connectivity index (χ1) is 12.8. The Kier molecular flexibility index (Phi) is 4.29. The van der Waals surface area contributed by atoms with Crippen molar-refractivity contribution in [3.05, 3.63) is 24.2 Å². The van der Waals surface area contributed by atoms with Crippen LogP contribution >= 0.6 is 0 Å². The fourth-order valence-electron chi connectivity index (χ4n) is 3.77. The molecule has 2 bridgehead atoms. The number of alkyl halides is 3. The number of aromatic nitrogens is 1. The van der Waals surface area contributed by atoms with Crippen molar-refractivity contribution in [3.63, 3.8) is 0 Å². The number of carbonyl (C=O) groups is 2. The highest BCUT2D eigenvalue weighted by Crippen LogP contribution is 2.29. The van der Waals surface area contributed by atoms with Gasteiger partial charge in [-0.1, -0.05) is 0 Å². The zero-order valence-corrected chi connectivity index (χ0v) is 14.2. The summed E-state index contributed by atoms with van der Waals surface area (Å²) < 4.78 is 42.5. The van der Waals surface area contributed by atoms with Crippen LogP contribution in [0.1, 0.15) is 23.3 Å². The predicted molar refractivity (Wildman–Crippen MR) is 89.1 cm³/mol. The van der Waals surface area contributed by atoms with Gasteiger partial charge in [0.25, 0.3) is 5.91 Å². The average molecular weight is 382 g/mol. The van der Waals surface area contributed by atoms with E-state index in [1.165, 1.54) is 12.3 Å². The minimum absolute atomic E-state index is 0.0185. The largest absolute Gasteiger partial charge is 0.471 e. The molecule has 10 heteroatoms. The molecule has 2 aliphatic heterocycles. The number of halogens is 3. The first-order valence-corrected chi connectivity index (χ1v) is 8.58. The summed E-state index contributed by atoms with van der Waals surface area (Å²) >= 11 is 0. The molecule has 7 nitrogen and oxygen atoms in total. The summed E-state index contributed by atoms with van der Waals surface area (Å²) in [6.45, 7) is 2.88. The van der Waals surface area contributed by atoms with Gasteiger partial charge >= 0.3 is 12.1 Å². The highest BCUT2D eigenvalue weighted by molar-refractivity contribution is 6.04. The van der Waals surface area contributed by atoms with E-state index in [2.05, 4.69) is 15.2 Å². The van der Waals surface area contributed by atoms with Crippen molar-refractivity contribution in [3.8, 4) is 0 Å². The van der Waals surface area contributed by atoms with Gasteiger partial charge in [0, 0.05) is 24.5 Å². The van der Waals surface area contributed by atoms with Crippen molar-refractivity contribution >= 4 is 28.5 Å². The molecule has 144 valence electrons. The van der Waals surface area contributed by atoms with Gasteiger partial charge in [0.1, 0.15) is 12.0 Å². The molecular weight excluding hydrogens is 365 g/mol. The second-order valence-corrected chi connectivity index (χ2v) is 6.99. The minimum Gasteiger partial charge on any atom is -0.460 e. The number of hydrogen-bond donors (Lipinski definition) is 2. The SMILES string of the molecule is O=C(NC1CC2CCN(C2)C1)c1cc2c(NC(=O)C(F)(F)F)coc2cn1. The normalized spacial score (nSPS) is 24.8. The number of piperidine rings is 1. The van der Waals surface area contributed by atoms with Crippen LogP contribution < -0.4 is 10.6 Å². The van der Waals surface area contributed by atoms with Crippen LogP contribution in [0.3, 0.4) is 0 Å². The smallest absolute Gasteiger partial charge is 0.460 e. The summed E-state index contributed by atoms with van der Waals surface area (Å²) in [5, 5.41) is 4.87. The third-order valence-electron chi connectivity index (χ3n) is 5.00. The minimum atomic E-state index is -5.02. The lowest BCUT2D eigenvalue weighted by atomic mass is 9.97. The van der Waals surface area contributed by atoms with Gasteiger partial charge in [0.15, 0.2) is 5.58 Å². The van der Waals surface area contributed by atoms with Gasteiger partial charge in [0.05, 0.1) is 11.9 Å². The summed E-state index contributed by atoms with van der Waals surface area (Å²) in [5.41, 5.74) is 0.0655. The Hall–Kier alpha value is -2.62. The number of fused-ring (bicyclic) bond motifs is 3. The quantitative estimate of drug-likeness (QED) is 0.850. The molecule has 0 spiro atoms. The Morgan fingerprint density at radius 2 is 2.11 bits per heavy atom. The first-order valence-electron chi connectivity index (χ1n) is 8.58. The van der Waals surface area contributed by atoms with Crippen molar-refractivity contribution in [1.29, 1.82) is 0 Å². The lowest BCUT2D eigenvalue weighted by molar-refractivity contribution is -0.167. The van der Waals surface area contributed by atoms with E-state index in [9.17, 15) is 22.8 Å². The monoisotopic (exact) mass is 382 g/mol. The van der Waals surface area contributed by atoms with Gasteiger partial charge in [-0.25, -0.2) is 4.98 Å². The molecule has 2 N–H and O–H groups in total. The van der Waals surface area contributed by atoms with Crippen LogP contribution in [-0.4, -0.2) is 53.6 Å². The molecule has 2 aromatic heterocycles. The Morgan fingerprint density at radius 3 is 2.85 bits per heavy atom. The van der Waals surface area contributed by atoms with E-state index >= 15 is 0 Å². The first kappa shape index (κ1) is 17.8. The van der Waals surface area contributed by atoms with Crippen LogP contribution in [0.2, 0.25) is 0 Å². The fraction of sp³-hybridized carbons (Fsp3) is 0.471. The maximum Gasteiger partial charge on any atom is 0.471 e. The number of nitrogens with zero attached hydrogens (tertiary/aromatic N) is 2. The van der Waals surface area contributed by atoms with Gasteiger partial charge in [-0.05, 0) is 31.4 Å². The van der Waals surface area contributed by atoms with Crippen molar-refractivity contribution in [2.45, 2.75) is 25.1 Å². The second-order valence-electron chi connectivity index (χ2n) is 6.99. The van der Waals surface area contributed by atoms with E-state index in [0.717, 1.165) is 38.7 Å². The number of furan rings is 1. The Labute approximate surface area is 151 Å². The van der Waals surface area contributed by atoms with Crippen LogP contribution in [0.4, 0.5) is 18.9 Å². The van der Waals surface area contributed by atoms with E-state index < -0.39 is 18.0 Å². The van der Waals surface area contributed by atoms with Gasteiger partial charge in [-0.15, -0.1) is 0 Å². The van der Waals surface area contributed by atoms with Crippen LogP contribution in [0.5, 0.6) is 0 Å². The van der Waals surface area contributed by atoms with E-state index in [1.54, 1.807) is 5.32 Å². The van der Waals surface area contributed by atoms with Crippen LogP contribution in [0.15, 0.2) is 22.9 Å². The summed E-state index contributed by atoms with van der Waals surface area (Å²) in [7, 11) is 0. The summed E-state index contributed by atoms with van der Waals surface area (Å²) in [6.07, 6.45) is -0.741. The van der Waals surface area contributed by atoms with Crippen LogP contribution in [0, 0.1) is 5.92 Å².